The van der Waals surface area contributed by atoms with Gasteiger partial charge in [-0.05, 0) is 24.3 Å². The Balaban J connectivity index is 2.05. The number of carbonyl (C=O) groups excluding carboxylic acids is 1. The molecule has 0 unspecified atom stereocenters. The quantitative estimate of drug-likeness (QED) is 0.291. The monoisotopic (exact) mass is 399 g/mol. The van der Waals surface area contributed by atoms with Crippen molar-refractivity contribution < 1.29 is 9.72 Å². The first-order valence-corrected chi connectivity index (χ1v) is 8.27. The normalized spacial score (nSPS) is 11.4. The highest BCUT2D eigenvalue weighted by molar-refractivity contribution is 6.30. The Hall–Kier alpha value is -3.69. The van der Waals surface area contributed by atoms with Crippen molar-refractivity contribution in [2.24, 2.45) is 5.84 Å². The van der Waals surface area contributed by atoms with Gasteiger partial charge in [-0.3, -0.25) is 29.8 Å². The minimum atomic E-state index is -0.846. The Morgan fingerprint density at radius 1 is 1.29 bits per heavy atom. The van der Waals surface area contributed by atoms with Crippen LogP contribution in [-0.2, 0) is 0 Å². The zero-order valence-corrected chi connectivity index (χ0v) is 15.1. The van der Waals surface area contributed by atoms with Crippen LogP contribution >= 0.6 is 11.6 Å². The summed E-state index contributed by atoms with van der Waals surface area (Å²) in [5.74, 6) is 4.91. The van der Waals surface area contributed by atoms with Crippen LogP contribution in [0.3, 0.4) is 0 Å². The molecule has 0 spiro atoms. The van der Waals surface area contributed by atoms with Crippen LogP contribution in [0, 0.1) is 10.1 Å². The molecule has 3 rings (SSSR count). The zero-order valence-electron chi connectivity index (χ0n) is 14.3. The van der Waals surface area contributed by atoms with Gasteiger partial charge < -0.3 is 0 Å². The summed E-state index contributed by atoms with van der Waals surface area (Å²) >= 11 is 5.95. The number of halogens is 1. The predicted molar refractivity (Wildman–Crippen MR) is 104 cm³/mol. The first-order valence-electron chi connectivity index (χ1n) is 7.89. The summed E-state index contributed by atoms with van der Waals surface area (Å²) in [6, 6.07) is 11.9. The second kappa shape index (κ2) is 7.51. The highest BCUT2D eigenvalue weighted by Gasteiger charge is 2.22. The van der Waals surface area contributed by atoms with E-state index in [-0.39, 0.29) is 16.1 Å². The Labute approximate surface area is 162 Å². The third-order valence-corrected chi connectivity index (χ3v) is 4.14. The fourth-order valence-electron chi connectivity index (χ4n) is 2.58. The van der Waals surface area contributed by atoms with Gasteiger partial charge in [0.25, 0.3) is 17.2 Å². The second-order valence-corrected chi connectivity index (χ2v) is 6.18. The smallest absolute Gasteiger partial charge is 0.282 e. The van der Waals surface area contributed by atoms with Gasteiger partial charge in [0, 0.05) is 17.3 Å². The number of aromatic amines is 1. The third kappa shape index (κ3) is 3.56. The van der Waals surface area contributed by atoms with Gasteiger partial charge in [-0.1, -0.05) is 36.4 Å². The molecule has 0 aliphatic rings. The van der Waals surface area contributed by atoms with Gasteiger partial charge in [-0.25, -0.2) is 10.5 Å². The largest absolute Gasteiger partial charge is 0.291 e. The van der Waals surface area contributed by atoms with Gasteiger partial charge >= 0.3 is 0 Å². The van der Waals surface area contributed by atoms with Crippen molar-refractivity contribution in [2.45, 2.75) is 0 Å². The molecule has 2 aromatic carbocycles. The number of para-hydroxylation sites is 1. The third-order valence-electron chi connectivity index (χ3n) is 3.91. The number of hydrazine groups is 1. The van der Waals surface area contributed by atoms with E-state index in [0.29, 0.717) is 15.7 Å². The van der Waals surface area contributed by atoms with Crippen molar-refractivity contribution in [3.63, 3.8) is 0 Å². The molecular formula is C18H14ClN5O4. The first kappa shape index (κ1) is 19.1. The van der Waals surface area contributed by atoms with E-state index in [4.69, 9.17) is 17.4 Å². The van der Waals surface area contributed by atoms with Crippen LogP contribution in [0.5, 0.6) is 0 Å². The molecule has 0 saturated heterocycles. The molecule has 0 radical (unpaired) electrons. The summed E-state index contributed by atoms with van der Waals surface area (Å²) in [4.78, 5) is 35.6. The minimum absolute atomic E-state index is 0.0226. The Bertz CT molecular complexity index is 1250. The van der Waals surface area contributed by atoms with Crippen molar-refractivity contribution in [3.05, 3.63) is 90.2 Å². The fraction of sp³-hybridized carbons (Fsp3) is 0. The Kier molecular flexibility index (Phi) is 5.12. The lowest BCUT2D eigenvalue weighted by atomic mass is 10.1. The van der Waals surface area contributed by atoms with Gasteiger partial charge in [0.2, 0.25) is 0 Å². The molecule has 1 amide bonds. The predicted octanol–water partition coefficient (Wildman–Crippen LogP) is 0.892. The van der Waals surface area contributed by atoms with E-state index in [0.717, 1.165) is 6.20 Å². The molecular weight excluding hydrogens is 386 g/mol. The van der Waals surface area contributed by atoms with Crippen LogP contribution in [0.25, 0.3) is 18.5 Å². The molecule has 9 nitrogen and oxygen atoms in total. The van der Waals surface area contributed by atoms with Gasteiger partial charge in [0.1, 0.15) is 5.56 Å². The molecule has 28 heavy (non-hydrogen) atoms. The maximum atomic E-state index is 12.7. The molecule has 3 N–H and O–H groups in total. The van der Waals surface area contributed by atoms with E-state index in [2.05, 4.69) is 11.7 Å². The molecule has 0 aliphatic carbocycles. The summed E-state index contributed by atoms with van der Waals surface area (Å²) in [5, 5.41) is 15.2. The molecule has 1 aromatic heterocycles. The van der Waals surface area contributed by atoms with Crippen molar-refractivity contribution in [1.29, 1.82) is 0 Å². The molecule has 0 atom stereocenters. The van der Waals surface area contributed by atoms with Crippen molar-refractivity contribution in [3.8, 4) is 5.69 Å². The summed E-state index contributed by atoms with van der Waals surface area (Å²) in [7, 11) is 0. The molecule has 0 aliphatic heterocycles. The van der Waals surface area contributed by atoms with Crippen LogP contribution in [0.15, 0.2) is 53.3 Å². The number of rotatable bonds is 4. The summed E-state index contributed by atoms with van der Waals surface area (Å²) < 4.78 is 1.20. The number of H-pyrrole nitrogens is 1. The average molecular weight is 400 g/mol. The van der Waals surface area contributed by atoms with E-state index >= 15 is 0 Å². The van der Waals surface area contributed by atoms with Crippen molar-refractivity contribution in [1.82, 2.24) is 14.8 Å². The molecule has 142 valence electrons. The number of nitrogens with one attached hydrogen (secondary N) is 1. The van der Waals surface area contributed by atoms with E-state index in [1.54, 1.807) is 24.3 Å². The molecule has 3 aromatic rings. The maximum absolute atomic E-state index is 12.7. The number of carbonyl (C=O) groups is 1. The van der Waals surface area contributed by atoms with Crippen LogP contribution in [0.4, 0.5) is 5.69 Å². The standard InChI is InChI=1S/C18H14ClN5O4/c1-11-15(18(26)23(21-11)13-6-4-5-12(19)9-13)10-22(20)17(25)14-7-2-3-8-16(14)24(27)28/h2-10,21H,1,20H2. The summed E-state index contributed by atoms with van der Waals surface area (Å²) in [6.45, 7) is 3.74. The lowest BCUT2D eigenvalue weighted by Gasteiger charge is -2.11. The fourth-order valence-corrected chi connectivity index (χ4v) is 2.76. The number of amides is 1. The summed E-state index contributed by atoms with van der Waals surface area (Å²) in [5.41, 5.74) is -0.645. The van der Waals surface area contributed by atoms with Gasteiger partial charge in [0.05, 0.1) is 21.2 Å². The number of benzene rings is 2. The van der Waals surface area contributed by atoms with Gasteiger partial charge in [-0.15, -0.1) is 0 Å². The zero-order chi connectivity index (χ0) is 20.4. The van der Waals surface area contributed by atoms with E-state index in [1.807, 2.05) is 0 Å². The highest BCUT2D eigenvalue weighted by Crippen LogP contribution is 2.18. The van der Waals surface area contributed by atoms with Gasteiger partial charge in [0.15, 0.2) is 0 Å². The van der Waals surface area contributed by atoms with E-state index < -0.39 is 22.1 Å². The lowest BCUT2D eigenvalue weighted by Crippen LogP contribution is -2.41. The van der Waals surface area contributed by atoms with E-state index in [9.17, 15) is 19.7 Å². The Morgan fingerprint density at radius 2 is 2.00 bits per heavy atom. The molecule has 0 fully saturated rings. The lowest BCUT2D eigenvalue weighted by molar-refractivity contribution is -0.385. The van der Waals surface area contributed by atoms with Crippen LogP contribution < -0.4 is 22.0 Å². The summed E-state index contributed by atoms with van der Waals surface area (Å²) in [6.07, 6.45) is 1.07. The molecule has 1 heterocycles. The van der Waals surface area contributed by atoms with Gasteiger partial charge in [-0.2, -0.15) is 0 Å². The van der Waals surface area contributed by atoms with Crippen LogP contribution in [-0.4, -0.2) is 25.6 Å². The van der Waals surface area contributed by atoms with E-state index in [1.165, 1.54) is 28.9 Å². The van der Waals surface area contributed by atoms with Crippen LogP contribution in [0.1, 0.15) is 10.4 Å². The maximum Gasteiger partial charge on any atom is 0.282 e. The second-order valence-electron chi connectivity index (χ2n) is 5.74. The van der Waals surface area contributed by atoms with Crippen molar-refractivity contribution >= 4 is 36.0 Å². The average Bonchev–Trinajstić information content (AvgIpc) is 2.95. The number of aromatic nitrogens is 2. The number of nitrogens with zero attached hydrogens (tertiary/aromatic N) is 3. The number of nitrogens with two attached hydrogens (primary N) is 1. The number of hydrogen-bond donors (Lipinski definition) is 2. The van der Waals surface area contributed by atoms with Crippen LogP contribution in [0.2, 0.25) is 5.02 Å². The molecule has 0 saturated carbocycles. The Morgan fingerprint density at radius 3 is 2.68 bits per heavy atom. The molecule has 10 heteroatoms. The first-order chi connectivity index (χ1) is 13.3. The SMILES string of the molecule is C=c1[nH]n(-c2cccc(Cl)c2)c(=O)c1=CN(N)C(=O)c1ccccc1[N+](=O)[O-]. The number of nitro groups is 1. The topological polar surface area (TPSA) is 127 Å². The minimum Gasteiger partial charge on any atom is -0.291 e. The number of hydrogen-bond acceptors (Lipinski definition) is 5. The number of nitro benzene ring substituents is 1. The highest BCUT2D eigenvalue weighted by atomic mass is 35.5. The molecule has 0 bridgehead atoms. The van der Waals surface area contributed by atoms with Crippen molar-refractivity contribution in [2.75, 3.05) is 0 Å².